The predicted octanol–water partition coefficient (Wildman–Crippen LogP) is 4.29. The molecule has 0 saturated heterocycles. The van der Waals surface area contributed by atoms with Gasteiger partial charge in [0.2, 0.25) is 5.95 Å². The molecule has 4 aliphatic rings. The standard InChI is InChI=1S/C26H29F2N7O2S/c1-34-21(9-16(33-34)23(27)28)31-25-32-29-12-35(25)14-4-5-18-15(8-14)22(19(38-18)10-17(36)13-2-3-13)24(37)30-20-11-26(20)6-7-26/h9,12-14,20,23H,2-8,10-11H2,1H3,(H,30,37)(H,31,32)/t14-,20+/m0/s1. The predicted molar refractivity (Wildman–Crippen MR) is 136 cm³/mol. The molecular weight excluding hydrogens is 512 g/mol. The van der Waals surface area contributed by atoms with Gasteiger partial charge in [0.1, 0.15) is 23.6 Å². The van der Waals surface area contributed by atoms with Gasteiger partial charge in [-0.15, -0.1) is 21.5 Å². The van der Waals surface area contributed by atoms with Crippen LogP contribution < -0.4 is 10.6 Å². The number of thiophene rings is 1. The van der Waals surface area contributed by atoms with Crippen LogP contribution in [0.1, 0.15) is 82.4 Å². The third-order valence-electron chi connectivity index (χ3n) is 8.62. The lowest BCUT2D eigenvalue weighted by molar-refractivity contribution is -0.119. The van der Waals surface area contributed by atoms with E-state index in [1.165, 1.54) is 28.5 Å². The van der Waals surface area contributed by atoms with Gasteiger partial charge in [0, 0.05) is 47.3 Å². The second kappa shape index (κ2) is 8.69. The van der Waals surface area contributed by atoms with Gasteiger partial charge in [-0.25, -0.2) is 8.78 Å². The third kappa shape index (κ3) is 4.22. The summed E-state index contributed by atoms with van der Waals surface area (Å²) in [5.74, 6) is 1.16. The Morgan fingerprint density at radius 3 is 2.76 bits per heavy atom. The first-order chi connectivity index (χ1) is 18.3. The Balaban J connectivity index is 1.16. The molecule has 3 fully saturated rings. The number of nitrogens with zero attached hydrogens (tertiary/aromatic N) is 5. The molecule has 38 heavy (non-hydrogen) atoms. The van der Waals surface area contributed by atoms with Crippen molar-refractivity contribution in [3.05, 3.63) is 39.0 Å². The number of halogens is 2. The van der Waals surface area contributed by atoms with Gasteiger partial charge in [0.15, 0.2) is 0 Å². The zero-order valence-electron chi connectivity index (χ0n) is 21.0. The van der Waals surface area contributed by atoms with E-state index in [0.29, 0.717) is 35.6 Å². The number of alkyl halides is 2. The fourth-order valence-corrected chi connectivity index (χ4v) is 7.24. The van der Waals surface area contributed by atoms with Gasteiger partial charge in [-0.1, -0.05) is 0 Å². The summed E-state index contributed by atoms with van der Waals surface area (Å²) in [5, 5.41) is 18.5. The molecule has 7 rings (SSSR count). The number of aryl methyl sites for hydroxylation is 2. The number of amides is 1. The van der Waals surface area contributed by atoms with E-state index in [9.17, 15) is 18.4 Å². The summed E-state index contributed by atoms with van der Waals surface area (Å²) in [6, 6.07) is 1.53. The number of rotatable bonds is 9. The van der Waals surface area contributed by atoms with Crippen LogP contribution in [0.4, 0.5) is 20.5 Å². The fraction of sp³-hybridized carbons (Fsp3) is 0.577. The highest BCUT2D eigenvalue weighted by Gasteiger charge is 2.63. The van der Waals surface area contributed by atoms with E-state index in [1.54, 1.807) is 24.7 Å². The smallest absolute Gasteiger partial charge is 0.282 e. The monoisotopic (exact) mass is 541 g/mol. The molecule has 4 aliphatic carbocycles. The average molecular weight is 542 g/mol. The highest BCUT2D eigenvalue weighted by atomic mass is 32.1. The van der Waals surface area contributed by atoms with E-state index in [4.69, 9.17) is 0 Å². The summed E-state index contributed by atoms with van der Waals surface area (Å²) in [4.78, 5) is 28.4. The molecule has 1 amide bonds. The molecule has 3 heterocycles. The van der Waals surface area contributed by atoms with Crippen molar-refractivity contribution in [2.75, 3.05) is 5.32 Å². The Bertz CT molecular complexity index is 1440. The minimum absolute atomic E-state index is 0.0216. The lowest BCUT2D eigenvalue weighted by atomic mass is 9.90. The minimum Gasteiger partial charge on any atom is -0.349 e. The molecule has 2 atom stereocenters. The number of carbonyl (C=O) groups is 2. The zero-order chi connectivity index (χ0) is 26.2. The van der Waals surface area contributed by atoms with E-state index in [-0.39, 0.29) is 35.4 Å². The van der Waals surface area contributed by atoms with Crippen molar-refractivity contribution in [3.63, 3.8) is 0 Å². The largest absolute Gasteiger partial charge is 0.349 e. The van der Waals surface area contributed by atoms with Crippen molar-refractivity contribution >= 4 is 34.8 Å². The molecule has 200 valence electrons. The zero-order valence-corrected chi connectivity index (χ0v) is 21.9. The van der Waals surface area contributed by atoms with Crippen LogP contribution >= 0.6 is 11.3 Å². The van der Waals surface area contributed by atoms with Gasteiger partial charge in [-0.2, -0.15) is 5.10 Å². The quantitative estimate of drug-likeness (QED) is 0.419. The molecule has 1 spiro atoms. The van der Waals surface area contributed by atoms with Gasteiger partial charge in [-0.3, -0.25) is 18.8 Å². The molecule has 2 N–H and O–H groups in total. The number of anilines is 2. The number of ketones is 1. The molecule has 12 heteroatoms. The molecule has 0 aromatic carbocycles. The molecular formula is C26H29F2N7O2S. The number of aromatic nitrogens is 5. The van der Waals surface area contributed by atoms with Crippen molar-refractivity contribution in [1.29, 1.82) is 0 Å². The Hall–Kier alpha value is -3.15. The molecule has 0 radical (unpaired) electrons. The van der Waals surface area contributed by atoms with Crippen LogP contribution in [0.15, 0.2) is 12.4 Å². The van der Waals surface area contributed by atoms with E-state index in [2.05, 4.69) is 25.9 Å². The van der Waals surface area contributed by atoms with Crippen molar-refractivity contribution in [2.45, 2.75) is 76.3 Å². The van der Waals surface area contributed by atoms with Crippen molar-refractivity contribution in [2.24, 2.45) is 18.4 Å². The van der Waals surface area contributed by atoms with Crippen LogP contribution in [0.25, 0.3) is 0 Å². The SMILES string of the molecule is Cn1nc(C(F)F)cc1Nc1nncn1[C@H]1CCc2sc(CC(=O)C3CC3)c(C(=O)N[C@@H]3CC34CC4)c2C1. The molecule has 0 unspecified atom stereocenters. The van der Waals surface area contributed by atoms with Crippen LogP contribution in [0.2, 0.25) is 0 Å². The van der Waals surface area contributed by atoms with E-state index in [1.807, 2.05) is 4.57 Å². The van der Waals surface area contributed by atoms with Gasteiger partial charge in [0.25, 0.3) is 12.3 Å². The Morgan fingerprint density at radius 1 is 1.26 bits per heavy atom. The topological polar surface area (TPSA) is 107 Å². The number of carbonyl (C=O) groups excluding carboxylic acids is 2. The maximum atomic E-state index is 13.6. The Morgan fingerprint density at radius 2 is 2.08 bits per heavy atom. The molecule has 3 aromatic heterocycles. The van der Waals surface area contributed by atoms with Crippen molar-refractivity contribution in [3.8, 4) is 0 Å². The van der Waals surface area contributed by atoms with Crippen LogP contribution in [-0.4, -0.2) is 42.3 Å². The maximum Gasteiger partial charge on any atom is 0.282 e. The molecule has 3 aromatic rings. The Kier molecular flexibility index (Phi) is 5.47. The number of hydrogen-bond donors (Lipinski definition) is 2. The number of hydrogen-bond acceptors (Lipinski definition) is 7. The maximum absolute atomic E-state index is 13.6. The van der Waals surface area contributed by atoms with Gasteiger partial charge in [0.05, 0.1) is 5.56 Å². The second-order valence-corrected chi connectivity index (χ2v) is 12.5. The summed E-state index contributed by atoms with van der Waals surface area (Å²) < 4.78 is 29.5. The number of nitrogens with one attached hydrogen (secondary N) is 2. The Labute approximate surface area is 222 Å². The van der Waals surface area contributed by atoms with E-state index in [0.717, 1.165) is 42.5 Å². The first-order valence-corrected chi connectivity index (χ1v) is 14.1. The average Bonchev–Trinajstić information content (AvgIpc) is 3.84. The van der Waals surface area contributed by atoms with Crippen LogP contribution in [-0.2, 0) is 31.1 Å². The van der Waals surface area contributed by atoms with E-state index >= 15 is 0 Å². The van der Waals surface area contributed by atoms with Gasteiger partial charge in [-0.05, 0) is 62.3 Å². The third-order valence-corrected chi connectivity index (χ3v) is 9.91. The molecule has 0 bridgehead atoms. The first kappa shape index (κ1) is 23.9. The van der Waals surface area contributed by atoms with Crippen LogP contribution in [0.5, 0.6) is 0 Å². The van der Waals surface area contributed by atoms with Crippen molar-refractivity contribution < 1.29 is 18.4 Å². The molecule has 0 aliphatic heterocycles. The summed E-state index contributed by atoms with van der Waals surface area (Å²) in [5.41, 5.74) is 1.75. The lowest BCUT2D eigenvalue weighted by Gasteiger charge is -2.25. The summed E-state index contributed by atoms with van der Waals surface area (Å²) >= 11 is 1.62. The van der Waals surface area contributed by atoms with Crippen LogP contribution in [0, 0.1) is 11.3 Å². The normalized spacial score (nSPS) is 22.9. The highest BCUT2D eigenvalue weighted by Crippen LogP contribution is 2.66. The van der Waals surface area contributed by atoms with Gasteiger partial charge >= 0.3 is 0 Å². The van der Waals surface area contributed by atoms with E-state index < -0.39 is 6.43 Å². The first-order valence-electron chi connectivity index (χ1n) is 13.3. The van der Waals surface area contributed by atoms with Crippen LogP contribution in [0.3, 0.4) is 0 Å². The molecule has 3 saturated carbocycles. The second-order valence-electron chi connectivity index (χ2n) is 11.3. The molecule has 9 nitrogen and oxygen atoms in total. The summed E-state index contributed by atoms with van der Waals surface area (Å²) in [6.07, 6.45) is 6.86. The number of Topliss-reactive ketones (excluding diaryl/α,β-unsaturated/α-hetero) is 1. The minimum atomic E-state index is -2.67. The van der Waals surface area contributed by atoms with Crippen molar-refractivity contribution in [1.82, 2.24) is 29.9 Å². The summed E-state index contributed by atoms with van der Waals surface area (Å²) in [6.45, 7) is 0. The van der Waals surface area contributed by atoms with Gasteiger partial charge < -0.3 is 10.6 Å². The number of fused-ring (bicyclic) bond motifs is 1. The highest BCUT2D eigenvalue weighted by molar-refractivity contribution is 7.12. The summed E-state index contributed by atoms with van der Waals surface area (Å²) in [7, 11) is 1.59. The lowest BCUT2D eigenvalue weighted by Crippen LogP contribution is -2.30. The fourth-order valence-electron chi connectivity index (χ4n) is 5.88.